The molecule has 0 amide bonds. The van der Waals surface area contributed by atoms with Crippen molar-refractivity contribution in [2.45, 2.75) is 33.1 Å². The minimum Gasteiger partial charge on any atom is -0.469 e. The number of rotatable bonds is 4. The summed E-state index contributed by atoms with van der Waals surface area (Å²) >= 11 is 0. The molecule has 0 spiro atoms. The van der Waals surface area contributed by atoms with Crippen LogP contribution in [0.1, 0.15) is 32.4 Å². The summed E-state index contributed by atoms with van der Waals surface area (Å²) < 4.78 is 5.27. The van der Waals surface area contributed by atoms with E-state index in [1.165, 1.54) is 12.8 Å². The highest BCUT2D eigenvalue weighted by molar-refractivity contribution is 4.98. The third-order valence-corrected chi connectivity index (χ3v) is 2.22. The number of furan rings is 1. The molecule has 0 saturated carbocycles. The molecular formula is C10H16O. The summed E-state index contributed by atoms with van der Waals surface area (Å²) in [4.78, 5) is 0. The molecule has 0 N–H and O–H groups in total. The van der Waals surface area contributed by atoms with Crippen LogP contribution in [-0.4, -0.2) is 0 Å². The Bertz CT molecular complexity index is 173. The lowest BCUT2D eigenvalue weighted by Gasteiger charge is -2.08. The summed E-state index contributed by atoms with van der Waals surface area (Å²) in [6.07, 6.45) is 5.34. The summed E-state index contributed by atoms with van der Waals surface area (Å²) in [7, 11) is 0. The molecule has 0 aliphatic carbocycles. The zero-order valence-corrected chi connectivity index (χ0v) is 7.34. The first-order valence-corrected chi connectivity index (χ1v) is 4.39. The lowest BCUT2D eigenvalue weighted by Crippen LogP contribution is -1.99. The third-order valence-electron chi connectivity index (χ3n) is 2.22. The molecule has 1 heterocycles. The molecule has 0 aromatic carbocycles. The van der Waals surface area contributed by atoms with Crippen LogP contribution in [0, 0.1) is 5.92 Å². The molecule has 1 rings (SSSR count). The van der Waals surface area contributed by atoms with Crippen LogP contribution in [0.5, 0.6) is 0 Å². The van der Waals surface area contributed by atoms with E-state index in [0.717, 1.165) is 18.1 Å². The van der Waals surface area contributed by atoms with E-state index >= 15 is 0 Å². The Hall–Kier alpha value is -0.720. The first-order valence-electron chi connectivity index (χ1n) is 4.39. The van der Waals surface area contributed by atoms with Gasteiger partial charge < -0.3 is 4.42 Å². The Morgan fingerprint density at radius 1 is 1.36 bits per heavy atom. The largest absolute Gasteiger partial charge is 0.469 e. The second kappa shape index (κ2) is 4.22. The number of hydrogen-bond donors (Lipinski definition) is 0. The van der Waals surface area contributed by atoms with Crippen molar-refractivity contribution in [1.29, 1.82) is 0 Å². The highest BCUT2D eigenvalue weighted by atomic mass is 16.3. The Kier molecular flexibility index (Phi) is 3.21. The van der Waals surface area contributed by atoms with Gasteiger partial charge in [-0.3, -0.25) is 0 Å². The molecule has 0 fully saturated rings. The topological polar surface area (TPSA) is 13.1 Å². The fourth-order valence-corrected chi connectivity index (χ4v) is 1.29. The minimum atomic E-state index is 0.793. The maximum absolute atomic E-state index is 5.27. The van der Waals surface area contributed by atoms with Gasteiger partial charge in [-0.2, -0.15) is 0 Å². The molecule has 62 valence electrons. The quantitative estimate of drug-likeness (QED) is 0.645. The van der Waals surface area contributed by atoms with Gasteiger partial charge in [-0.1, -0.05) is 26.7 Å². The van der Waals surface area contributed by atoms with Gasteiger partial charge in [-0.25, -0.2) is 0 Å². The van der Waals surface area contributed by atoms with Crippen LogP contribution in [-0.2, 0) is 6.42 Å². The first kappa shape index (κ1) is 8.38. The monoisotopic (exact) mass is 152 g/mol. The second-order valence-electron chi connectivity index (χ2n) is 2.97. The predicted octanol–water partition coefficient (Wildman–Crippen LogP) is 3.26. The molecule has 11 heavy (non-hydrogen) atoms. The normalized spacial score (nSPS) is 10.8. The molecule has 1 nitrogen and oxygen atoms in total. The van der Waals surface area contributed by atoms with Crippen LogP contribution in [0.15, 0.2) is 22.8 Å². The fourth-order valence-electron chi connectivity index (χ4n) is 1.29. The third kappa shape index (κ3) is 2.41. The van der Waals surface area contributed by atoms with Crippen molar-refractivity contribution in [3.63, 3.8) is 0 Å². The van der Waals surface area contributed by atoms with E-state index in [2.05, 4.69) is 19.9 Å². The lowest BCUT2D eigenvalue weighted by atomic mass is 9.98. The van der Waals surface area contributed by atoms with Gasteiger partial charge in [0.05, 0.1) is 6.26 Å². The summed E-state index contributed by atoms with van der Waals surface area (Å²) in [6, 6.07) is 4.01. The highest BCUT2D eigenvalue weighted by Crippen LogP contribution is 2.15. The standard InChI is InChI=1S/C10H16O/c1-3-9(4-2)8-10-6-5-7-11-10/h5-7,9H,3-4,8H2,1-2H3. The van der Waals surface area contributed by atoms with E-state index in [9.17, 15) is 0 Å². The smallest absolute Gasteiger partial charge is 0.104 e. The Balaban J connectivity index is 2.41. The van der Waals surface area contributed by atoms with Crippen LogP contribution < -0.4 is 0 Å². The van der Waals surface area contributed by atoms with Gasteiger partial charge in [0.1, 0.15) is 5.76 Å². The number of hydrogen-bond acceptors (Lipinski definition) is 1. The van der Waals surface area contributed by atoms with Crippen LogP contribution >= 0.6 is 0 Å². The Morgan fingerprint density at radius 3 is 2.55 bits per heavy atom. The van der Waals surface area contributed by atoms with Crippen molar-refractivity contribution >= 4 is 0 Å². The van der Waals surface area contributed by atoms with E-state index in [1.807, 2.05) is 6.07 Å². The summed E-state index contributed by atoms with van der Waals surface area (Å²) in [5.74, 6) is 1.92. The van der Waals surface area contributed by atoms with Gasteiger partial charge in [-0.15, -0.1) is 0 Å². The maximum Gasteiger partial charge on any atom is 0.104 e. The summed E-state index contributed by atoms with van der Waals surface area (Å²) in [6.45, 7) is 4.47. The van der Waals surface area contributed by atoms with Crippen LogP contribution in [0.2, 0.25) is 0 Å². The Labute approximate surface area is 68.4 Å². The van der Waals surface area contributed by atoms with Crippen LogP contribution in [0.4, 0.5) is 0 Å². The molecule has 1 aromatic rings. The lowest BCUT2D eigenvalue weighted by molar-refractivity contribution is 0.420. The molecule has 0 atom stereocenters. The van der Waals surface area contributed by atoms with Gasteiger partial charge >= 0.3 is 0 Å². The zero-order chi connectivity index (χ0) is 8.10. The van der Waals surface area contributed by atoms with E-state index < -0.39 is 0 Å². The first-order chi connectivity index (χ1) is 5.36. The predicted molar refractivity (Wildman–Crippen MR) is 46.5 cm³/mol. The SMILES string of the molecule is CCC(CC)Cc1ccco1. The van der Waals surface area contributed by atoms with Crippen LogP contribution in [0.3, 0.4) is 0 Å². The molecule has 0 unspecified atom stereocenters. The zero-order valence-electron chi connectivity index (χ0n) is 7.34. The average Bonchev–Trinajstić information content (AvgIpc) is 2.52. The fraction of sp³-hybridized carbons (Fsp3) is 0.600. The van der Waals surface area contributed by atoms with Gasteiger partial charge in [0.15, 0.2) is 0 Å². The minimum absolute atomic E-state index is 0.793. The van der Waals surface area contributed by atoms with Gasteiger partial charge in [0, 0.05) is 6.42 Å². The second-order valence-corrected chi connectivity index (χ2v) is 2.97. The molecule has 0 aliphatic rings. The molecule has 1 aromatic heterocycles. The molecule has 0 bridgehead atoms. The van der Waals surface area contributed by atoms with Crippen molar-refractivity contribution in [3.05, 3.63) is 24.2 Å². The maximum atomic E-state index is 5.27. The Morgan fingerprint density at radius 2 is 2.09 bits per heavy atom. The van der Waals surface area contributed by atoms with Crippen molar-refractivity contribution in [2.75, 3.05) is 0 Å². The van der Waals surface area contributed by atoms with E-state index in [-0.39, 0.29) is 0 Å². The molecule has 1 heteroatoms. The molecule has 0 saturated heterocycles. The average molecular weight is 152 g/mol. The van der Waals surface area contributed by atoms with Crippen molar-refractivity contribution < 1.29 is 4.42 Å². The van der Waals surface area contributed by atoms with Crippen molar-refractivity contribution in [3.8, 4) is 0 Å². The van der Waals surface area contributed by atoms with E-state index in [4.69, 9.17) is 4.42 Å². The van der Waals surface area contributed by atoms with E-state index in [0.29, 0.717) is 0 Å². The highest BCUT2D eigenvalue weighted by Gasteiger charge is 2.05. The summed E-state index contributed by atoms with van der Waals surface area (Å²) in [5, 5.41) is 0. The van der Waals surface area contributed by atoms with Crippen molar-refractivity contribution in [1.82, 2.24) is 0 Å². The molecule has 0 radical (unpaired) electrons. The molecular weight excluding hydrogens is 136 g/mol. The van der Waals surface area contributed by atoms with Gasteiger partial charge in [0.25, 0.3) is 0 Å². The van der Waals surface area contributed by atoms with Gasteiger partial charge in [-0.05, 0) is 18.1 Å². The van der Waals surface area contributed by atoms with Crippen LogP contribution in [0.25, 0.3) is 0 Å². The molecule has 0 aliphatic heterocycles. The van der Waals surface area contributed by atoms with Crippen molar-refractivity contribution in [2.24, 2.45) is 5.92 Å². The van der Waals surface area contributed by atoms with Gasteiger partial charge in [0.2, 0.25) is 0 Å². The summed E-state index contributed by atoms with van der Waals surface area (Å²) in [5.41, 5.74) is 0. The van der Waals surface area contributed by atoms with E-state index in [1.54, 1.807) is 6.26 Å².